The summed E-state index contributed by atoms with van der Waals surface area (Å²) in [6.45, 7) is 5.38. The Kier molecular flexibility index (Phi) is 8.23. The summed E-state index contributed by atoms with van der Waals surface area (Å²) in [6.07, 6.45) is 1.11. The van der Waals surface area contributed by atoms with Crippen LogP contribution < -0.4 is 5.32 Å². The number of nitriles is 2. The molecule has 0 unspecified atom stereocenters. The zero-order valence-electron chi connectivity index (χ0n) is 8.08. The minimum Gasteiger partial charge on any atom is -0.315 e. The molecule has 0 fully saturated rings. The van der Waals surface area contributed by atoms with E-state index >= 15 is 0 Å². The lowest BCUT2D eigenvalue weighted by molar-refractivity contribution is 0.339. The van der Waals surface area contributed by atoms with Crippen LogP contribution >= 0.6 is 0 Å². The molecule has 0 saturated carbocycles. The van der Waals surface area contributed by atoms with Gasteiger partial charge >= 0.3 is 0 Å². The Bertz CT molecular complexity index is 173. The van der Waals surface area contributed by atoms with Crippen LogP contribution in [0.15, 0.2) is 0 Å². The van der Waals surface area contributed by atoms with Crippen molar-refractivity contribution in [3.05, 3.63) is 0 Å². The van der Waals surface area contributed by atoms with Crippen molar-refractivity contribution in [3.63, 3.8) is 0 Å². The first-order valence-electron chi connectivity index (χ1n) is 4.52. The van der Waals surface area contributed by atoms with E-state index in [1.807, 2.05) is 17.0 Å². The van der Waals surface area contributed by atoms with Gasteiger partial charge < -0.3 is 5.32 Å². The van der Waals surface area contributed by atoms with Crippen LogP contribution in [0, 0.1) is 22.7 Å². The molecule has 72 valence electrons. The van der Waals surface area contributed by atoms with Crippen molar-refractivity contribution >= 4 is 0 Å². The van der Waals surface area contributed by atoms with Crippen molar-refractivity contribution in [3.8, 4) is 12.1 Å². The summed E-state index contributed by atoms with van der Waals surface area (Å²) in [5, 5.41) is 20.1. The first-order valence-corrected chi connectivity index (χ1v) is 4.52. The van der Waals surface area contributed by atoms with E-state index in [1.54, 1.807) is 0 Å². The highest BCUT2D eigenvalue weighted by Gasteiger charge is 2.01. The highest BCUT2D eigenvalue weighted by Crippen LogP contribution is 1.84. The van der Waals surface area contributed by atoms with Crippen LogP contribution in [0.5, 0.6) is 0 Å². The lowest BCUT2D eigenvalue weighted by Gasteiger charge is -2.14. The second-order valence-electron chi connectivity index (χ2n) is 2.78. The molecule has 0 spiro atoms. The van der Waals surface area contributed by atoms with Crippen molar-refractivity contribution in [2.24, 2.45) is 0 Å². The second-order valence-corrected chi connectivity index (χ2v) is 2.78. The van der Waals surface area contributed by atoms with Crippen LogP contribution in [-0.4, -0.2) is 37.6 Å². The highest BCUT2D eigenvalue weighted by molar-refractivity contribution is 4.83. The van der Waals surface area contributed by atoms with Gasteiger partial charge in [0.2, 0.25) is 0 Å². The molecule has 0 aliphatic rings. The molecule has 0 saturated heterocycles. The Morgan fingerprint density at radius 2 is 1.77 bits per heavy atom. The first kappa shape index (κ1) is 11.9. The molecule has 0 aliphatic heterocycles. The maximum Gasteiger partial charge on any atom is 0.0874 e. The average molecular weight is 180 g/mol. The minimum atomic E-state index is 0.335. The third-order valence-electron chi connectivity index (χ3n) is 1.62. The number of hydrogen-bond acceptors (Lipinski definition) is 4. The van der Waals surface area contributed by atoms with E-state index < -0.39 is 0 Å². The van der Waals surface area contributed by atoms with Gasteiger partial charge in [0.15, 0.2) is 0 Å². The fraction of sp³-hybridized carbons (Fsp3) is 0.778. The summed E-state index contributed by atoms with van der Waals surface area (Å²) in [7, 11) is 0. The van der Waals surface area contributed by atoms with Gasteiger partial charge in [-0.1, -0.05) is 6.92 Å². The van der Waals surface area contributed by atoms with Crippen molar-refractivity contribution in [1.29, 1.82) is 10.5 Å². The lowest BCUT2D eigenvalue weighted by atomic mass is 10.4. The van der Waals surface area contributed by atoms with E-state index in [0.717, 1.165) is 26.1 Å². The molecule has 4 heteroatoms. The quantitative estimate of drug-likeness (QED) is 0.453. The summed E-state index contributed by atoms with van der Waals surface area (Å²) < 4.78 is 0. The monoisotopic (exact) mass is 180 g/mol. The number of nitrogens with one attached hydrogen (secondary N) is 1. The Balaban J connectivity index is 3.47. The average Bonchev–Trinajstić information content (AvgIpc) is 2.13. The molecule has 0 aliphatic carbocycles. The second kappa shape index (κ2) is 8.99. The molecule has 0 bridgehead atoms. The van der Waals surface area contributed by atoms with Gasteiger partial charge in [0, 0.05) is 13.1 Å². The van der Waals surface area contributed by atoms with E-state index in [4.69, 9.17) is 10.5 Å². The zero-order chi connectivity index (χ0) is 9.94. The van der Waals surface area contributed by atoms with Crippen LogP contribution in [0.2, 0.25) is 0 Å². The van der Waals surface area contributed by atoms with E-state index in [0.29, 0.717) is 13.1 Å². The Labute approximate surface area is 79.8 Å². The molecule has 0 amide bonds. The molecule has 0 rings (SSSR count). The summed E-state index contributed by atoms with van der Waals surface area (Å²) in [5.74, 6) is 0. The van der Waals surface area contributed by atoms with Gasteiger partial charge in [0.25, 0.3) is 0 Å². The minimum absolute atomic E-state index is 0.335. The van der Waals surface area contributed by atoms with Gasteiger partial charge in [-0.3, -0.25) is 4.90 Å². The maximum atomic E-state index is 8.44. The Hall–Kier alpha value is -1.10. The molecule has 13 heavy (non-hydrogen) atoms. The molecule has 4 nitrogen and oxygen atoms in total. The molecule has 0 heterocycles. The zero-order valence-corrected chi connectivity index (χ0v) is 8.08. The van der Waals surface area contributed by atoms with E-state index in [-0.39, 0.29) is 0 Å². The molecular weight excluding hydrogens is 164 g/mol. The third kappa shape index (κ3) is 7.27. The number of nitrogens with zero attached hydrogens (tertiary/aromatic N) is 3. The summed E-state index contributed by atoms with van der Waals surface area (Å²) >= 11 is 0. The molecule has 0 aromatic carbocycles. The van der Waals surface area contributed by atoms with Gasteiger partial charge in [-0.25, -0.2) is 0 Å². The van der Waals surface area contributed by atoms with Gasteiger partial charge in [-0.2, -0.15) is 10.5 Å². The lowest BCUT2D eigenvalue weighted by Crippen LogP contribution is -2.33. The molecule has 1 N–H and O–H groups in total. The van der Waals surface area contributed by atoms with E-state index in [9.17, 15) is 0 Å². The normalized spacial score (nSPS) is 9.54. The third-order valence-corrected chi connectivity index (χ3v) is 1.62. The predicted octanol–water partition coefficient (Wildman–Crippen LogP) is 0.335. The summed E-state index contributed by atoms with van der Waals surface area (Å²) in [4.78, 5) is 1.82. The topological polar surface area (TPSA) is 62.9 Å². The van der Waals surface area contributed by atoms with Crippen LogP contribution in [0.25, 0.3) is 0 Å². The standard InChI is InChI=1S/C9H16N4/c1-2-5-12-6-9-13(7-3-10)8-4-11/h12H,2,5-9H2,1H3. The highest BCUT2D eigenvalue weighted by atomic mass is 15.1. The van der Waals surface area contributed by atoms with Crippen molar-refractivity contribution < 1.29 is 0 Å². The summed E-state index contributed by atoms with van der Waals surface area (Å²) in [6, 6.07) is 4.08. The number of rotatable bonds is 7. The van der Waals surface area contributed by atoms with Crippen LogP contribution in [0.4, 0.5) is 0 Å². The van der Waals surface area contributed by atoms with Crippen LogP contribution in [-0.2, 0) is 0 Å². The predicted molar refractivity (Wildman–Crippen MR) is 50.8 cm³/mol. The molecule has 0 aromatic rings. The molecular formula is C9H16N4. The molecule has 0 aromatic heterocycles. The smallest absolute Gasteiger partial charge is 0.0874 e. The molecule has 0 atom stereocenters. The Morgan fingerprint density at radius 1 is 1.15 bits per heavy atom. The maximum absolute atomic E-state index is 8.44. The van der Waals surface area contributed by atoms with E-state index in [1.165, 1.54) is 0 Å². The fourth-order valence-corrected chi connectivity index (χ4v) is 0.953. The summed E-state index contributed by atoms with van der Waals surface area (Å²) in [5.41, 5.74) is 0. The van der Waals surface area contributed by atoms with E-state index in [2.05, 4.69) is 12.2 Å². The first-order chi connectivity index (χ1) is 6.35. The van der Waals surface area contributed by atoms with Crippen molar-refractivity contribution in [2.75, 3.05) is 32.7 Å². The van der Waals surface area contributed by atoms with Gasteiger partial charge in [0.1, 0.15) is 0 Å². The van der Waals surface area contributed by atoms with Gasteiger partial charge in [-0.05, 0) is 13.0 Å². The van der Waals surface area contributed by atoms with Gasteiger partial charge in [-0.15, -0.1) is 0 Å². The van der Waals surface area contributed by atoms with Crippen LogP contribution in [0.1, 0.15) is 13.3 Å². The molecule has 0 radical (unpaired) electrons. The van der Waals surface area contributed by atoms with Crippen molar-refractivity contribution in [2.45, 2.75) is 13.3 Å². The fourth-order valence-electron chi connectivity index (χ4n) is 0.953. The SMILES string of the molecule is CCCNCCN(CC#N)CC#N. The van der Waals surface area contributed by atoms with Crippen molar-refractivity contribution in [1.82, 2.24) is 10.2 Å². The Morgan fingerprint density at radius 3 is 2.23 bits per heavy atom. The largest absolute Gasteiger partial charge is 0.315 e. The van der Waals surface area contributed by atoms with Crippen LogP contribution in [0.3, 0.4) is 0 Å². The van der Waals surface area contributed by atoms with Gasteiger partial charge in [0.05, 0.1) is 25.2 Å². The number of hydrogen-bond donors (Lipinski definition) is 1.